The molecular formula is C20H20Cl2N8O4S. The van der Waals surface area contributed by atoms with E-state index in [0.29, 0.717) is 53.7 Å². The zero-order valence-electron chi connectivity index (χ0n) is 18.0. The Labute approximate surface area is 210 Å². The number of primary sulfonamides is 1. The number of rotatable bonds is 6. The number of aromatic nitrogens is 3. The molecule has 2 aromatic carbocycles. The van der Waals surface area contributed by atoms with E-state index in [2.05, 4.69) is 30.9 Å². The zero-order chi connectivity index (χ0) is 25.0. The quantitative estimate of drug-likeness (QED) is 0.369. The molecule has 35 heavy (non-hydrogen) atoms. The van der Waals surface area contributed by atoms with Crippen LogP contribution in [0.15, 0.2) is 47.4 Å². The molecule has 0 radical (unpaired) electrons. The molecule has 184 valence electrons. The van der Waals surface area contributed by atoms with Crippen molar-refractivity contribution in [2.45, 2.75) is 4.90 Å². The lowest BCUT2D eigenvalue weighted by Crippen LogP contribution is -2.37. The van der Waals surface area contributed by atoms with Gasteiger partial charge in [0, 0.05) is 24.5 Å². The highest BCUT2D eigenvalue weighted by atomic mass is 35.5. The Morgan fingerprint density at radius 3 is 2.23 bits per heavy atom. The summed E-state index contributed by atoms with van der Waals surface area (Å²) in [6, 6.07) is 9.68. The number of ether oxygens (including phenoxy) is 1. The van der Waals surface area contributed by atoms with Gasteiger partial charge >= 0.3 is 6.03 Å². The van der Waals surface area contributed by atoms with Crippen LogP contribution in [-0.4, -0.2) is 55.7 Å². The van der Waals surface area contributed by atoms with Crippen molar-refractivity contribution in [3.05, 3.63) is 52.5 Å². The van der Waals surface area contributed by atoms with Gasteiger partial charge in [0.1, 0.15) is 0 Å². The first kappa shape index (κ1) is 24.9. The van der Waals surface area contributed by atoms with Crippen LogP contribution in [0.2, 0.25) is 10.0 Å². The van der Waals surface area contributed by atoms with Crippen LogP contribution < -0.4 is 26.0 Å². The van der Waals surface area contributed by atoms with Crippen LogP contribution in [0.5, 0.6) is 0 Å². The number of sulfonamides is 1. The van der Waals surface area contributed by atoms with Crippen molar-refractivity contribution in [3.8, 4) is 0 Å². The molecule has 1 aliphatic heterocycles. The van der Waals surface area contributed by atoms with E-state index in [1.165, 1.54) is 24.3 Å². The van der Waals surface area contributed by atoms with Gasteiger partial charge in [0.05, 0.1) is 28.2 Å². The van der Waals surface area contributed by atoms with Gasteiger partial charge in [-0.2, -0.15) is 15.0 Å². The van der Waals surface area contributed by atoms with Crippen molar-refractivity contribution in [2.75, 3.05) is 47.2 Å². The first-order chi connectivity index (χ1) is 16.7. The van der Waals surface area contributed by atoms with Crippen molar-refractivity contribution < 1.29 is 17.9 Å². The molecule has 1 saturated heterocycles. The van der Waals surface area contributed by atoms with E-state index in [1.807, 2.05) is 4.90 Å². The number of carbonyl (C=O) groups excluding carboxylic acids is 1. The maximum atomic E-state index is 12.6. The molecule has 2 heterocycles. The summed E-state index contributed by atoms with van der Waals surface area (Å²) in [5.74, 6) is 0.508. The average molecular weight is 539 g/mol. The summed E-state index contributed by atoms with van der Waals surface area (Å²) < 4.78 is 28.2. The van der Waals surface area contributed by atoms with Crippen molar-refractivity contribution in [2.24, 2.45) is 5.14 Å². The number of benzene rings is 2. The number of nitrogens with two attached hydrogens (primary N) is 1. The van der Waals surface area contributed by atoms with E-state index in [1.54, 1.807) is 18.2 Å². The third kappa shape index (κ3) is 6.68. The highest BCUT2D eigenvalue weighted by Gasteiger charge is 2.18. The minimum absolute atomic E-state index is 0.0114. The van der Waals surface area contributed by atoms with Crippen molar-refractivity contribution in [3.63, 3.8) is 0 Å². The molecule has 5 N–H and O–H groups in total. The van der Waals surface area contributed by atoms with E-state index in [9.17, 15) is 13.2 Å². The number of nitrogens with one attached hydrogen (secondary N) is 3. The molecule has 0 spiro atoms. The molecule has 4 rings (SSSR count). The summed E-state index contributed by atoms with van der Waals surface area (Å²) in [6.07, 6.45) is 0. The summed E-state index contributed by atoms with van der Waals surface area (Å²) in [5, 5.41) is 14.0. The van der Waals surface area contributed by atoms with Crippen LogP contribution in [0, 0.1) is 0 Å². The standard InChI is InChI=1S/C20H20Cl2N8O4S/c21-15-6-3-13(11-16(15)22)24-17-26-18(28-19(27-17)30-7-9-34-10-8-30)29-20(31)25-12-1-4-14(5-2-12)35(23,32)33/h1-6,11H,7-10H2,(H2,23,32,33)(H3,24,25,26,27,28,29,31). The molecule has 2 amide bonds. The molecule has 1 fully saturated rings. The monoisotopic (exact) mass is 538 g/mol. The van der Waals surface area contributed by atoms with Crippen LogP contribution >= 0.6 is 23.2 Å². The third-order valence-corrected chi connectivity index (χ3v) is 6.43. The van der Waals surface area contributed by atoms with Crippen LogP contribution in [0.1, 0.15) is 0 Å². The van der Waals surface area contributed by atoms with Gasteiger partial charge in [-0.15, -0.1) is 0 Å². The molecule has 3 aromatic rings. The van der Waals surface area contributed by atoms with Crippen molar-refractivity contribution in [1.29, 1.82) is 0 Å². The van der Waals surface area contributed by atoms with Crippen LogP contribution in [0.4, 0.5) is 34.0 Å². The Bertz CT molecular complexity index is 1340. The second-order valence-corrected chi connectivity index (χ2v) is 9.66. The molecule has 0 bridgehead atoms. The molecule has 12 nitrogen and oxygen atoms in total. The van der Waals surface area contributed by atoms with Crippen LogP contribution in [0.25, 0.3) is 0 Å². The van der Waals surface area contributed by atoms with E-state index >= 15 is 0 Å². The van der Waals surface area contributed by atoms with E-state index in [4.69, 9.17) is 33.1 Å². The fourth-order valence-corrected chi connectivity index (χ4v) is 3.89. The minimum Gasteiger partial charge on any atom is -0.378 e. The number of morpholine rings is 1. The van der Waals surface area contributed by atoms with Crippen LogP contribution in [-0.2, 0) is 14.8 Å². The Hall–Kier alpha value is -3.23. The molecule has 15 heteroatoms. The molecule has 1 aliphatic rings. The van der Waals surface area contributed by atoms with Gasteiger partial charge in [0.25, 0.3) is 0 Å². The second-order valence-electron chi connectivity index (χ2n) is 7.28. The van der Waals surface area contributed by atoms with Crippen LogP contribution in [0.3, 0.4) is 0 Å². The lowest BCUT2D eigenvalue weighted by Gasteiger charge is -2.27. The summed E-state index contributed by atoms with van der Waals surface area (Å²) in [4.78, 5) is 27.4. The Morgan fingerprint density at radius 2 is 1.57 bits per heavy atom. The number of carbonyl (C=O) groups is 1. The van der Waals surface area contributed by atoms with Gasteiger partial charge in [-0.05, 0) is 42.5 Å². The van der Waals surface area contributed by atoms with E-state index in [0.717, 1.165) is 0 Å². The number of hydrogen-bond acceptors (Lipinski definition) is 9. The Kier molecular flexibility index (Phi) is 7.52. The SMILES string of the molecule is NS(=O)(=O)c1ccc(NC(=O)Nc2nc(Nc3ccc(Cl)c(Cl)c3)nc(N3CCOCC3)n2)cc1. The van der Waals surface area contributed by atoms with Gasteiger partial charge in [-0.1, -0.05) is 23.2 Å². The fourth-order valence-electron chi connectivity index (χ4n) is 3.08. The lowest BCUT2D eigenvalue weighted by atomic mass is 10.3. The average Bonchev–Trinajstić information content (AvgIpc) is 2.81. The smallest absolute Gasteiger partial charge is 0.326 e. The molecule has 1 aromatic heterocycles. The lowest BCUT2D eigenvalue weighted by molar-refractivity contribution is 0.122. The largest absolute Gasteiger partial charge is 0.378 e. The van der Waals surface area contributed by atoms with Gasteiger partial charge in [0.2, 0.25) is 27.9 Å². The minimum atomic E-state index is -3.84. The second kappa shape index (κ2) is 10.6. The van der Waals surface area contributed by atoms with Gasteiger partial charge in [-0.25, -0.2) is 18.4 Å². The van der Waals surface area contributed by atoms with Crippen molar-refractivity contribution >= 4 is 68.5 Å². The number of nitrogens with zero attached hydrogens (tertiary/aromatic N) is 4. The number of urea groups is 1. The number of anilines is 5. The molecular weight excluding hydrogens is 519 g/mol. The highest BCUT2D eigenvalue weighted by Crippen LogP contribution is 2.27. The maximum absolute atomic E-state index is 12.6. The van der Waals surface area contributed by atoms with E-state index < -0.39 is 16.1 Å². The predicted molar refractivity (Wildman–Crippen MR) is 133 cm³/mol. The molecule has 0 atom stereocenters. The Morgan fingerprint density at radius 1 is 0.914 bits per heavy atom. The van der Waals surface area contributed by atoms with E-state index in [-0.39, 0.29) is 16.8 Å². The summed E-state index contributed by atoms with van der Waals surface area (Å²) >= 11 is 12.1. The fraction of sp³-hybridized carbons (Fsp3) is 0.200. The molecule has 0 aliphatic carbocycles. The normalized spacial score (nSPS) is 13.9. The van der Waals surface area contributed by atoms with Crippen molar-refractivity contribution in [1.82, 2.24) is 15.0 Å². The van der Waals surface area contributed by atoms with Gasteiger partial charge in [0.15, 0.2) is 0 Å². The summed E-state index contributed by atoms with van der Waals surface area (Å²) in [5.41, 5.74) is 0.926. The topological polar surface area (TPSA) is 164 Å². The zero-order valence-corrected chi connectivity index (χ0v) is 20.4. The Balaban J connectivity index is 1.54. The predicted octanol–water partition coefficient (Wildman–Crippen LogP) is 3.05. The molecule has 0 unspecified atom stereocenters. The first-order valence-corrected chi connectivity index (χ1v) is 12.5. The van der Waals surface area contributed by atoms with Gasteiger partial charge in [-0.3, -0.25) is 5.32 Å². The number of halogens is 2. The maximum Gasteiger partial charge on any atom is 0.326 e. The summed E-state index contributed by atoms with van der Waals surface area (Å²) in [6.45, 7) is 2.16. The highest BCUT2D eigenvalue weighted by molar-refractivity contribution is 7.89. The van der Waals surface area contributed by atoms with Gasteiger partial charge < -0.3 is 20.3 Å². The number of hydrogen-bond donors (Lipinski definition) is 4. The first-order valence-electron chi connectivity index (χ1n) is 10.2. The summed E-state index contributed by atoms with van der Waals surface area (Å²) in [7, 11) is -3.84. The third-order valence-electron chi connectivity index (χ3n) is 4.76. The molecule has 0 saturated carbocycles. The number of amides is 2.